The number of hydrogen-bond donors (Lipinski definition) is 3. The highest BCUT2D eigenvalue weighted by Gasteiger charge is 2.51. The molecule has 2 amide bonds. The summed E-state index contributed by atoms with van der Waals surface area (Å²) in [5.41, 5.74) is 1.38. The maximum atomic E-state index is 13.6. The predicted octanol–water partition coefficient (Wildman–Crippen LogP) is 6.87. The van der Waals surface area contributed by atoms with E-state index in [1.807, 2.05) is 17.4 Å². The van der Waals surface area contributed by atoms with Gasteiger partial charge in [0.25, 0.3) is 0 Å². The van der Waals surface area contributed by atoms with Gasteiger partial charge in [0.05, 0.1) is 14.2 Å². The van der Waals surface area contributed by atoms with Gasteiger partial charge in [-0.3, -0.25) is 4.90 Å². The van der Waals surface area contributed by atoms with Crippen molar-refractivity contribution < 1.29 is 46.1 Å². The van der Waals surface area contributed by atoms with E-state index in [1.165, 1.54) is 21.4 Å². The number of halogens is 5. The van der Waals surface area contributed by atoms with Gasteiger partial charge in [-0.15, -0.1) is 11.3 Å². The minimum absolute atomic E-state index is 0.0516. The molecule has 244 valence electrons. The van der Waals surface area contributed by atoms with E-state index >= 15 is 0 Å². The molecule has 3 aromatic rings. The lowest BCUT2D eigenvalue weighted by Crippen LogP contribution is -2.52. The van der Waals surface area contributed by atoms with Crippen LogP contribution in [0.5, 0.6) is 11.5 Å². The summed E-state index contributed by atoms with van der Waals surface area (Å²) >= 11 is 1.82. The van der Waals surface area contributed by atoms with Crippen LogP contribution >= 0.6 is 11.3 Å². The van der Waals surface area contributed by atoms with Crippen molar-refractivity contribution in [1.29, 1.82) is 0 Å². The molecule has 1 aromatic heterocycles. The zero-order chi connectivity index (χ0) is 32.9. The number of carboxylic acid groups (broad SMARTS) is 1. The number of urea groups is 1. The van der Waals surface area contributed by atoms with Gasteiger partial charge in [0.2, 0.25) is 0 Å². The van der Waals surface area contributed by atoms with Crippen LogP contribution < -0.4 is 20.1 Å². The zero-order valence-corrected chi connectivity index (χ0v) is 25.7. The first-order valence-electron chi connectivity index (χ1n) is 14.1. The van der Waals surface area contributed by atoms with Gasteiger partial charge in [-0.2, -0.15) is 13.2 Å². The highest BCUT2D eigenvalue weighted by Crippen LogP contribution is 2.51. The second-order valence-corrected chi connectivity index (χ2v) is 12.3. The third-order valence-electron chi connectivity index (χ3n) is 8.24. The Kier molecular flexibility index (Phi) is 10.6. The summed E-state index contributed by atoms with van der Waals surface area (Å²) in [5.74, 6) is -3.27. The monoisotopic (exact) mass is 655 g/mol. The first-order chi connectivity index (χ1) is 21.2. The number of hydrogen-bond acceptors (Lipinski definition) is 6. The SMILES string of the molecule is COc1ccc([C@@]23CC[C@@H](NC(=O)Nc4ccc(F)c(F)c4)C[C@@H]2N(Cc2ccc(C)s2)CC3)cc1OC.O=C(O)C(F)(F)F. The lowest BCUT2D eigenvalue weighted by atomic mass is 9.65. The van der Waals surface area contributed by atoms with Gasteiger partial charge >= 0.3 is 18.2 Å². The Hall–Kier alpha value is -3.91. The number of likely N-dealkylation sites (tertiary alicyclic amines) is 1. The maximum absolute atomic E-state index is 13.6. The van der Waals surface area contributed by atoms with Gasteiger partial charge < -0.3 is 25.2 Å². The summed E-state index contributed by atoms with van der Waals surface area (Å²) in [5, 5.41) is 12.8. The van der Waals surface area contributed by atoms with E-state index in [0.717, 1.165) is 56.7 Å². The first-order valence-corrected chi connectivity index (χ1v) is 14.9. The number of methoxy groups -OCH3 is 2. The highest BCUT2D eigenvalue weighted by atomic mass is 32.1. The van der Waals surface area contributed by atoms with Crippen LogP contribution in [0.15, 0.2) is 48.5 Å². The summed E-state index contributed by atoms with van der Waals surface area (Å²) in [7, 11) is 3.30. The molecule has 2 heterocycles. The van der Waals surface area contributed by atoms with Crippen LogP contribution in [0.4, 0.5) is 32.4 Å². The number of thiophene rings is 1. The maximum Gasteiger partial charge on any atom is 0.490 e. The number of aliphatic carboxylic acids is 1. The number of ether oxygens (including phenoxy) is 2. The van der Waals surface area contributed by atoms with Crippen LogP contribution in [0.3, 0.4) is 0 Å². The number of carboxylic acids is 1. The molecule has 1 saturated carbocycles. The standard InChI is InChI=1S/C29H33F2N3O3S.C2HF3O2/c1-18-4-7-22(38-18)17-34-13-12-29(19-5-9-25(36-2)26(14-19)37-3)11-10-21(16-27(29)34)33-28(35)32-20-6-8-23(30)24(31)15-20;3-2(4,5)1(6)7/h4-9,14-15,21,27H,10-13,16-17H2,1-3H3,(H2,32,33,35);(H,6,7)/t21-,27+,29+;/m1./s1. The Morgan fingerprint density at radius 3 is 2.33 bits per heavy atom. The molecule has 0 radical (unpaired) electrons. The van der Waals surface area contributed by atoms with Gasteiger partial charge in [-0.25, -0.2) is 18.4 Å². The minimum Gasteiger partial charge on any atom is -0.493 e. The Morgan fingerprint density at radius 1 is 1.02 bits per heavy atom. The molecule has 8 nitrogen and oxygen atoms in total. The molecule has 2 aliphatic rings. The second kappa shape index (κ2) is 14.0. The van der Waals surface area contributed by atoms with Crippen molar-refractivity contribution in [3.8, 4) is 11.5 Å². The van der Waals surface area contributed by atoms with E-state index in [4.69, 9.17) is 19.4 Å². The third kappa shape index (κ3) is 8.03. The van der Waals surface area contributed by atoms with E-state index < -0.39 is 29.8 Å². The first kappa shape index (κ1) is 34.0. The Bertz CT molecular complexity index is 1520. The summed E-state index contributed by atoms with van der Waals surface area (Å²) in [6.45, 7) is 3.95. The molecule has 2 aromatic carbocycles. The lowest BCUT2D eigenvalue weighted by molar-refractivity contribution is -0.192. The fraction of sp³-hybridized carbons (Fsp3) is 0.419. The van der Waals surface area contributed by atoms with Crippen molar-refractivity contribution >= 4 is 29.0 Å². The molecule has 3 N–H and O–H groups in total. The molecule has 14 heteroatoms. The van der Waals surface area contributed by atoms with Gasteiger partial charge in [0.1, 0.15) is 0 Å². The van der Waals surface area contributed by atoms with Gasteiger partial charge in [0.15, 0.2) is 23.1 Å². The molecule has 0 bridgehead atoms. The average Bonchev–Trinajstić information content (AvgIpc) is 3.57. The second-order valence-electron chi connectivity index (χ2n) is 11.0. The average molecular weight is 656 g/mol. The van der Waals surface area contributed by atoms with Crippen molar-refractivity contribution in [2.75, 3.05) is 26.1 Å². The van der Waals surface area contributed by atoms with Crippen LogP contribution in [-0.4, -0.2) is 61.0 Å². The van der Waals surface area contributed by atoms with Gasteiger partial charge in [-0.1, -0.05) is 6.07 Å². The Labute approximate surface area is 261 Å². The van der Waals surface area contributed by atoms with Crippen molar-refractivity contribution in [2.45, 2.75) is 62.8 Å². The van der Waals surface area contributed by atoms with Crippen molar-refractivity contribution in [2.24, 2.45) is 0 Å². The number of fused-ring (bicyclic) bond motifs is 1. The summed E-state index contributed by atoms with van der Waals surface area (Å²) in [4.78, 5) is 26.8. The van der Waals surface area contributed by atoms with Crippen LogP contribution in [0.1, 0.15) is 41.0 Å². The van der Waals surface area contributed by atoms with Crippen molar-refractivity contribution in [1.82, 2.24) is 10.2 Å². The normalized spacial score (nSPS) is 21.2. The molecular formula is C31H34F5N3O5S. The number of carbonyl (C=O) groups excluding carboxylic acids is 1. The van der Waals surface area contributed by atoms with E-state index in [2.05, 4.69) is 46.7 Å². The van der Waals surface area contributed by atoms with E-state index in [9.17, 15) is 26.7 Å². The number of amides is 2. The van der Waals surface area contributed by atoms with Crippen LogP contribution in [0.2, 0.25) is 0 Å². The molecule has 0 unspecified atom stereocenters. The quantitative estimate of drug-likeness (QED) is 0.240. The van der Waals surface area contributed by atoms with Gasteiger partial charge in [0, 0.05) is 45.6 Å². The molecule has 5 rings (SSSR count). The number of benzene rings is 2. The third-order valence-corrected chi connectivity index (χ3v) is 9.22. The van der Waals surface area contributed by atoms with Crippen LogP contribution in [-0.2, 0) is 16.8 Å². The molecular weight excluding hydrogens is 621 g/mol. The fourth-order valence-corrected chi connectivity index (χ4v) is 7.06. The molecule has 3 atom stereocenters. The Morgan fingerprint density at radius 2 is 1.73 bits per heavy atom. The van der Waals surface area contributed by atoms with Crippen LogP contribution in [0.25, 0.3) is 0 Å². The summed E-state index contributed by atoms with van der Waals surface area (Å²) in [6.07, 6.45) is -1.57. The molecule has 1 saturated heterocycles. The number of nitrogens with one attached hydrogen (secondary N) is 2. The highest BCUT2D eigenvalue weighted by molar-refractivity contribution is 7.11. The number of carbonyl (C=O) groups is 2. The van der Waals surface area contributed by atoms with Crippen molar-refractivity contribution in [3.63, 3.8) is 0 Å². The minimum atomic E-state index is -5.08. The van der Waals surface area contributed by atoms with Gasteiger partial charge in [-0.05, 0) is 81.1 Å². The van der Waals surface area contributed by atoms with Crippen LogP contribution in [0, 0.1) is 18.6 Å². The van der Waals surface area contributed by atoms with E-state index in [0.29, 0.717) is 5.75 Å². The largest absolute Gasteiger partial charge is 0.493 e. The molecule has 0 spiro atoms. The zero-order valence-electron chi connectivity index (χ0n) is 24.8. The van der Waals surface area contributed by atoms with E-state index in [1.54, 1.807) is 14.2 Å². The number of alkyl halides is 3. The number of nitrogens with zero attached hydrogens (tertiary/aromatic N) is 1. The molecule has 1 aliphatic carbocycles. The number of aryl methyl sites for hydroxylation is 1. The summed E-state index contributed by atoms with van der Waals surface area (Å²) < 4.78 is 69.7. The van der Waals surface area contributed by atoms with E-state index in [-0.39, 0.29) is 23.2 Å². The smallest absolute Gasteiger partial charge is 0.490 e. The topological polar surface area (TPSA) is 100 Å². The van der Waals surface area contributed by atoms with Crippen molar-refractivity contribution in [3.05, 3.63) is 75.5 Å². The molecule has 45 heavy (non-hydrogen) atoms. The predicted molar refractivity (Wildman–Crippen MR) is 159 cm³/mol. The summed E-state index contributed by atoms with van der Waals surface area (Å²) in [6, 6.07) is 13.7. The number of anilines is 1. The fourth-order valence-electron chi connectivity index (χ4n) is 6.14. The lowest BCUT2D eigenvalue weighted by Gasteiger charge is -2.45. The molecule has 2 fully saturated rings. The Balaban J connectivity index is 0.000000591. The molecule has 1 aliphatic heterocycles. The number of rotatable bonds is 7.